The van der Waals surface area contributed by atoms with E-state index in [-0.39, 0.29) is 38.3 Å². The van der Waals surface area contributed by atoms with E-state index in [1.54, 1.807) is 30.3 Å². The first kappa shape index (κ1) is 34.0. The van der Waals surface area contributed by atoms with Gasteiger partial charge in [0.2, 0.25) is 23.6 Å². The molecule has 0 radical (unpaired) electrons. The van der Waals surface area contributed by atoms with Gasteiger partial charge in [-0.2, -0.15) is 0 Å². The summed E-state index contributed by atoms with van der Waals surface area (Å²) in [6, 6.07) is 3.22. The number of carboxylic acids is 1. The van der Waals surface area contributed by atoms with E-state index >= 15 is 0 Å². The van der Waals surface area contributed by atoms with Crippen LogP contribution in [0.5, 0.6) is 0 Å². The number of carboxylic acid groups (broad SMARTS) is 1. The fourth-order valence-electron chi connectivity index (χ4n) is 4.52. The number of aliphatic carboxylic acids is 1. The van der Waals surface area contributed by atoms with Crippen LogP contribution < -0.4 is 33.2 Å². The zero-order valence-electron chi connectivity index (χ0n) is 23.9. The second-order valence-electron chi connectivity index (χ2n) is 10.3. The number of nitrogens with one attached hydrogen (secondary N) is 3. The van der Waals surface area contributed by atoms with Gasteiger partial charge >= 0.3 is 5.97 Å². The summed E-state index contributed by atoms with van der Waals surface area (Å²) in [6.45, 7) is 3.12. The van der Waals surface area contributed by atoms with Crippen LogP contribution in [0.3, 0.4) is 0 Å². The highest BCUT2D eigenvalue weighted by Crippen LogP contribution is 2.20. The average molecular weight is 591 g/mol. The molecule has 0 aliphatic carbocycles. The number of nitrogens with zero attached hydrogens (tertiary/aromatic N) is 2. The lowest BCUT2D eigenvalue weighted by Gasteiger charge is -2.31. The molecular weight excluding hydrogens is 548 g/mol. The van der Waals surface area contributed by atoms with Crippen molar-refractivity contribution in [2.75, 3.05) is 13.1 Å². The fraction of sp³-hybridized carbons (Fsp3) is 0.556. The smallest absolute Gasteiger partial charge is 0.326 e. The minimum absolute atomic E-state index is 0.0564. The highest BCUT2D eigenvalue weighted by atomic mass is 16.4. The first-order chi connectivity index (χ1) is 19.8. The highest BCUT2D eigenvalue weighted by molar-refractivity contribution is 5.96. The Labute approximate surface area is 244 Å². The molecule has 6 atom stereocenters. The van der Waals surface area contributed by atoms with Crippen LogP contribution in [0.1, 0.15) is 45.1 Å². The van der Waals surface area contributed by atoms with Crippen LogP contribution in [0.15, 0.2) is 35.3 Å². The van der Waals surface area contributed by atoms with Gasteiger partial charge in [-0.1, -0.05) is 30.3 Å². The molecule has 42 heavy (non-hydrogen) atoms. The Morgan fingerprint density at radius 1 is 1.02 bits per heavy atom. The van der Waals surface area contributed by atoms with Gasteiger partial charge in [0.05, 0.1) is 12.1 Å². The van der Waals surface area contributed by atoms with Crippen LogP contribution in [0.25, 0.3) is 0 Å². The Hall–Kier alpha value is -4.24. The van der Waals surface area contributed by atoms with Crippen molar-refractivity contribution >= 4 is 35.6 Å². The summed E-state index contributed by atoms with van der Waals surface area (Å²) in [5.74, 6) is -4.07. The molecule has 1 saturated heterocycles. The summed E-state index contributed by atoms with van der Waals surface area (Å²) >= 11 is 0. The topological polar surface area (TPSA) is 256 Å². The number of carbonyl (C=O) groups is 5. The summed E-state index contributed by atoms with van der Waals surface area (Å²) in [5.41, 5.74) is 17.0. The van der Waals surface area contributed by atoms with Crippen LogP contribution in [-0.2, 0) is 30.4 Å². The van der Waals surface area contributed by atoms with Crippen molar-refractivity contribution < 1.29 is 34.2 Å². The Kier molecular flexibility index (Phi) is 13.2. The molecule has 0 saturated carbocycles. The number of carbonyl (C=O) groups excluding carboxylic acids is 4. The molecule has 11 N–H and O–H groups in total. The van der Waals surface area contributed by atoms with Gasteiger partial charge in [0, 0.05) is 19.5 Å². The van der Waals surface area contributed by atoms with E-state index in [0.717, 1.165) is 5.56 Å². The molecule has 0 unspecified atom stereocenters. The molecule has 0 bridgehead atoms. The number of aliphatic hydroxyl groups is 1. The zero-order valence-corrected chi connectivity index (χ0v) is 23.9. The Morgan fingerprint density at radius 2 is 1.69 bits per heavy atom. The lowest BCUT2D eigenvalue weighted by molar-refractivity contribution is -0.146. The van der Waals surface area contributed by atoms with Crippen LogP contribution in [0, 0.1) is 0 Å². The molecule has 1 aromatic rings. The average Bonchev–Trinajstić information content (AvgIpc) is 3.42. The summed E-state index contributed by atoms with van der Waals surface area (Å²) in [5, 5.41) is 27.6. The number of hydrogen-bond donors (Lipinski definition) is 8. The Bertz CT molecular complexity index is 1120. The molecule has 1 aliphatic heterocycles. The standard InChI is InChI=1S/C27H42N8O7/c1-15(28)22(37)33-19(14-17-8-4-3-5-9-17)23(38)34-21(16(2)36)25(40)35-13-7-11-20(35)24(39)32-18(26(41)42)10-6-12-31-27(29)30/h3-5,8-9,15-16,18-21,36H,6-7,10-14,28H2,1-2H3,(H,32,39)(H,33,37)(H,34,38)(H,41,42)(H4,29,30,31)/t15-,16+,18-,19-,20-,21-/m0/s1. The van der Waals surface area contributed by atoms with Gasteiger partial charge < -0.3 is 48.3 Å². The molecule has 15 nitrogen and oxygen atoms in total. The minimum Gasteiger partial charge on any atom is -0.480 e. The van der Waals surface area contributed by atoms with Gasteiger partial charge in [0.15, 0.2) is 5.96 Å². The monoisotopic (exact) mass is 590 g/mol. The molecule has 1 aromatic carbocycles. The van der Waals surface area contributed by atoms with E-state index in [4.69, 9.17) is 17.2 Å². The minimum atomic E-state index is -1.44. The fourth-order valence-corrected chi connectivity index (χ4v) is 4.52. The summed E-state index contributed by atoms with van der Waals surface area (Å²) < 4.78 is 0. The van der Waals surface area contributed by atoms with Gasteiger partial charge in [-0.3, -0.25) is 24.2 Å². The molecule has 232 valence electrons. The number of amides is 4. The van der Waals surface area contributed by atoms with Crippen LogP contribution >= 0.6 is 0 Å². The van der Waals surface area contributed by atoms with Gasteiger partial charge in [0.1, 0.15) is 24.2 Å². The summed E-state index contributed by atoms with van der Waals surface area (Å²) in [6.07, 6.45) is -0.189. The summed E-state index contributed by atoms with van der Waals surface area (Å²) in [4.78, 5) is 69.0. The maximum atomic E-state index is 13.6. The molecule has 0 spiro atoms. The number of hydrogen-bond acceptors (Lipinski definition) is 8. The molecule has 1 heterocycles. The van der Waals surface area contributed by atoms with Crippen molar-refractivity contribution in [1.82, 2.24) is 20.9 Å². The normalized spacial score (nSPS) is 18.1. The predicted molar refractivity (Wildman–Crippen MR) is 154 cm³/mol. The van der Waals surface area contributed by atoms with Gasteiger partial charge in [0.25, 0.3) is 0 Å². The quantitative estimate of drug-likeness (QED) is 0.0607. The van der Waals surface area contributed by atoms with Crippen LogP contribution in [0.2, 0.25) is 0 Å². The third-order valence-electron chi connectivity index (χ3n) is 6.77. The van der Waals surface area contributed by atoms with E-state index in [0.29, 0.717) is 12.8 Å². The first-order valence-corrected chi connectivity index (χ1v) is 13.8. The number of guanidine groups is 1. The predicted octanol–water partition coefficient (Wildman–Crippen LogP) is -2.46. The third-order valence-corrected chi connectivity index (χ3v) is 6.77. The highest BCUT2D eigenvalue weighted by Gasteiger charge is 2.40. The second kappa shape index (κ2) is 16.3. The SMILES string of the molecule is C[C@H](N)C(=O)N[C@@H](Cc1ccccc1)C(=O)N[C@H](C(=O)N1CCC[C@H]1C(=O)N[C@@H](CCCN=C(N)N)C(=O)O)[C@@H](C)O. The molecule has 4 amide bonds. The third kappa shape index (κ3) is 10.3. The maximum Gasteiger partial charge on any atom is 0.326 e. The van der Waals surface area contributed by atoms with E-state index in [1.807, 2.05) is 0 Å². The van der Waals surface area contributed by atoms with Crippen molar-refractivity contribution in [3.8, 4) is 0 Å². The molecule has 2 rings (SSSR count). The lowest BCUT2D eigenvalue weighted by Crippen LogP contribution is -2.61. The van der Waals surface area contributed by atoms with Crippen molar-refractivity contribution in [1.29, 1.82) is 0 Å². The number of aliphatic hydroxyl groups excluding tert-OH is 1. The Balaban J connectivity index is 2.16. The number of likely N-dealkylation sites (tertiary alicyclic amines) is 1. The van der Waals surface area contributed by atoms with Crippen molar-refractivity contribution in [2.24, 2.45) is 22.2 Å². The molecular formula is C27H42N8O7. The number of nitrogens with two attached hydrogens (primary N) is 3. The number of rotatable bonds is 15. The van der Waals surface area contributed by atoms with Gasteiger partial charge in [-0.05, 0) is 45.1 Å². The first-order valence-electron chi connectivity index (χ1n) is 13.8. The van der Waals surface area contributed by atoms with E-state index in [9.17, 15) is 34.2 Å². The van der Waals surface area contributed by atoms with Crippen LogP contribution in [0.4, 0.5) is 0 Å². The van der Waals surface area contributed by atoms with E-state index in [1.165, 1.54) is 18.7 Å². The van der Waals surface area contributed by atoms with Crippen molar-refractivity contribution in [3.05, 3.63) is 35.9 Å². The van der Waals surface area contributed by atoms with E-state index in [2.05, 4.69) is 20.9 Å². The van der Waals surface area contributed by atoms with E-state index < -0.39 is 65.9 Å². The lowest BCUT2D eigenvalue weighted by atomic mass is 10.0. The summed E-state index contributed by atoms with van der Waals surface area (Å²) in [7, 11) is 0. The largest absolute Gasteiger partial charge is 0.480 e. The zero-order chi connectivity index (χ0) is 31.4. The maximum absolute atomic E-state index is 13.6. The molecule has 15 heteroatoms. The second-order valence-corrected chi connectivity index (χ2v) is 10.3. The molecule has 0 aromatic heterocycles. The molecule has 1 aliphatic rings. The van der Waals surface area contributed by atoms with Crippen molar-refractivity contribution in [2.45, 2.75) is 82.3 Å². The number of benzene rings is 1. The molecule has 1 fully saturated rings. The number of aliphatic imine (C=N–C) groups is 1. The van der Waals surface area contributed by atoms with Gasteiger partial charge in [-0.25, -0.2) is 4.79 Å². The Morgan fingerprint density at radius 3 is 2.26 bits per heavy atom. The van der Waals surface area contributed by atoms with Gasteiger partial charge in [-0.15, -0.1) is 0 Å². The van der Waals surface area contributed by atoms with Crippen molar-refractivity contribution in [3.63, 3.8) is 0 Å². The van der Waals surface area contributed by atoms with Crippen LogP contribution in [-0.4, -0.2) is 100 Å².